The van der Waals surface area contributed by atoms with Crippen molar-refractivity contribution in [3.63, 3.8) is 0 Å². The Morgan fingerprint density at radius 3 is 2.64 bits per heavy atom. The van der Waals surface area contributed by atoms with Crippen molar-refractivity contribution in [3.8, 4) is 5.75 Å². The fourth-order valence-corrected chi connectivity index (χ4v) is 3.10. The summed E-state index contributed by atoms with van der Waals surface area (Å²) in [7, 11) is 0. The maximum absolute atomic E-state index is 13.4. The summed E-state index contributed by atoms with van der Waals surface area (Å²) in [4.78, 5) is 15.9. The second kappa shape index (κ2) is 8.01. The number of carbonyl (C=O) groups excluding carboxylic acids is 1. The number of halogens is 5. The van der Waals surface area contributed by atoms with Crippen LogP contribution in [-0.4, -0.2) is 29.8 Å². The number of pyridine rings is 1. The first-order valence-corrected chi connectivity index (χ1v) is 8.99. The van der Waals surface area contributed by atoms with E-state index in [1.165, 1.54) is 19.1 Å². The number of rotatable bonds is 4. The number of hydrogen-bond acceptors (Lipinski definition) is 4. The molecule has 1 aliphatic heterocycles. The van der Waals surface area contributed by atoms with E-state index >= 15 is 0 Å². The molecule has 148 valence electrons. The Morgan fingerprint density at radius 1 is 1.29 bits per heavy atom. The summed E-state index contributed by atoms with van der Waals surface area (Å²) in [5, 5.41) is 0.649. The molecule has 0 fully saturated rings. The second-order valence-corrected chi connectivity index (χ2v) is 6.80. The van der Waals surface area contributed by atoms with Gasteiger partial charge in [-0.05, 0) is 42.3 Å². The van der Waals surface area contributed by atoms with Crippen LogP contribution in [0.15, 0.2) is 36.0 Å². The molecule has 2 heterocycles. The van der Waals surface area contributed by atoms with E-state index in [2.05, 4.69) is 4.98 Å². The van der Waals surface area contributed by atoms with Crippen LogP contribution in [0.5, 0.6) is 5.75 Å². The number of fused-ring (bicyclic) bond motifs is 1. The fraction of sp³-hybridized carbons (Fsp3) is 0.263. The molecular formula is C19H14Cl2F3NO3. The molecule has 0 aliphatic carbocycles. The summed E-state index contributed by atoms with van der Waals surface area (Å²) in [5.74, 6) is -1.10. The molecule has 1 unspecified atom stereocenters. The monoisotopic (exact) mass is 431 g/mol. The molecule has 1 atom stereocenters. The predicted molar refractivity (Wildman–Crippen MR) is 98.6 cm³/mol. The molecule has 28 heavy (non-hydrogen) atoms. The van der Waals surface area contributed by atoms with Crippen molar-refractivity contribution in [2.24, 2.45) is 0 Å². The zero-order chi connectivity index (χ0) is 20.5. The van der Waals surface area contributed by atoms with E-state index in [1.807, 2.05) is 0 Å². The summed E-state index contributed by atoms with van der Waals surface area (Å²) in [6, 6.07) is 6.24. The molecule has 9 heteroatoms. The van der Waals surface area contributed by atoms with Crippen LogP contribution in [0, 0.1) is 0 Å². The number of benzene rings is 1. The quantitative estimate of drug-likeness (QED) is 0.489. The van der Waals surface area contributed by atoms with E-state index in [0.717, 1.165) is 11.6 Å². The van der Waals surface area contributed by atoms with Crippen LogP contribution < -0.4 is 4.74 Å². The lowest BCUT2D eigenvalue weighted by Crippen LogP contribution is -2.40. The molecule has 1 aliphatic rings. The molecular weight excluding hydrogens is 418 g/mol. The van der Waals surface area contributed by atoms with E-state index in [4.69, 9.17) is 32.7 Å². The van der Waals surface area contributed by atoms with Gasteiger partial charge in [0, 0.05) is 23.2 Å². The third-order valence-corrected chi connectivity index (χ3v) is 4.58. The first kappa shape index (κ1) is 20.5. The van der Waals surface area contributed by atoms with Gasteiger partial charge in [0.1, 0.15) is 10.9 Å². The highest BCUT2D eigenvalue weighted by Crippen LogP contribution is 2.40. The van der Waals surface area contributed by atoms with Crippen LogP contribution in [0.2, 0.25) is 10.2 Å². The lowest BCUT2D eigenvalue weighted by Gasteiger charge is -2.28. The van der Waals surface area contributed by atoms with E-state index in [9.17, 15) is 18.0 Å². The number of carbonyl (C=O) groups is 1. The predicted octanol–water partition coefficient (Wildman–Crippen LogP) is 5.25. The van der Waals surface area contributed by atoms with E-state index in [0.29, 0.717) is 22.2 Å². The highest BCUT2D eigenvalue weighted by molar-refractivity contribution is 6.31. The minimum atomic E-state index is -4.78. The van der Waals surface area contributed by atoms with E-state index < -0.39 is 23.8 Å². The van der Waals surface area contributed by atoms with Gasteiger partial charge in [0.2, 0.25) is 6.10 Å². The van der Waals surface area contributed by atoms with Crippen LogP contribution in [0.1, 0.15) is 23.6 Å². The van der Waals surface area contributed by atoms with Gasteiger partial charge < -0.3 is 9.47 Å². The van der Waals surface area contributed by atoms with Crippen molar-refractivity contribution in [1.82, 2.24) is 4.98 Å². The van der Waals surface area contributed by atoms with Crippen LogP contribution in [-0.2, 0) is 16.0 Å². The first-order chi connectivity index (χ1) is 13.2. The summed E-state index contributed by atoms with van der Waals surface area (Å²) in [6.07, 6.45) is -4.21. The Labute approximate surface area is 168 Å². The molecule has 0 N–H and O–H groups in total. The van der Waals surface area contributed by atoms with Gasteiger partial charge in [-0.15, -0.1) is 0 Å². The van der Waals surface area contributed by atoms with E-state index in [-0.39, 0.29) is 17.9 Å². The van der Waals surface area contributed by atoms with Gasteiger partial charge >= 0.3 is 12.1 Å². The molecule has 0 spiro atoms. The maximum Gasteiger partial charge on any atom is 0.430 e. The van der Waals surface area contributed by atoms with Crippen LogP contribution >= 0.6 is 23.2 Å². The van der Waals surface area contributed by atoms with Crippen molar-refractivity contribution >= 4 is 35.2 Å². The first-order valence-electron chi connectivity index (χ1n) is 8.24. The minimum absolute atomic E-state index is 0.0169. The van der Waals surface area contributed by atoms with Gasteiger partial charge in [0.15, 0.2) is 0 Å². The van der Waals surface area contributed by atoms with E-state index in [1.54, 1.807) is 18.3 Å². The van der Waals surface area contributed by atoms with Crippen molar-refractivity contribution < 1.29 is 27.4 Å². The average Bonchev–Trinajstić information content (AvgIpc) is 2.62. The average molecular weight is 432 g/mol. The molecule has 1 aromatic heterocycles. The molecule has 2 aromatic rings. The number of nitrogens with zero attached hydrogens (tertiary/aromatic N) is 1. The van der Waals surface area contributed by atoms with Gasteiger partial charge in [-0.3, -0.25) is 0 Å². The Morgan fingerprint density at radius 2 is 2.04 bits per heavy atom. The smallest absolute Gasteiger partial charge is 0.430 e. The number of hydrogen-bond donors (Lipinski definition) is 0. The molecule has 0 amide bonds. The lowest BCUT2D eigenvalue weighted by molar-refractivity contribution is -0.187. The zero-order valence-corrected chi connectivity index (χ0v) is 16.0. The van der Waals surface area contributed by atoms with Crippen LogP contribution in [0.25, 0.3) is 6.08 Å². The number of aromatic nitrogens is 1. The molecule has 0 radical (unpaired) electrons. The van der Waals surface area contributed by atoms with Crippen LogP contribution in [0.3, 0.4) is 0 Å². The minimum Gasteiger partial charge on any atom is -0.475 e. The third kappa shape index (κ3) is 4.42. The highest BCUT2D eigenvalue weighted by Gasteiger charge is 2.48. The molecule has 4 nitrogen and oxygen atoms in total. The van der Waals surface area contributed by atoms with Crippen molar-refractivity contribution in [2.75, 3.05) is 6.61 Å². The lowest BCUT2D eigenvalue weighted by atomic mass is 9.98. The maximum atomic E-state index is 13.4. The Hall–Kier alpha value is -2.25. The van der Waals surface area contributed by atoms with Gasteiger partial charge in [-0.25, -0.2) is 9.78 Å². The summed E-state index contributed by atoms with van der Waals surface area (Å²) in [6.45, 7) is 1.45. The van der Waals surface area contributed by atoms with Crippen molar-refractivity contribution in [3.05, 3.63) is 62.9 Å². The number of alkyl halides is 3. The molecule has 0 saturated heterocycles. The number of ether oxygens (including phenoxy) is 2. The summed E-state index contributed by atoms with van der Waals surface area (Å²) < 4.78 is 50.2. The van der Waals surface area contributed by atoms with Crippen molar-refractivity contribution in [1.29, 1.82) is 0 Å². The third-order valence-electron chi connectivity index (χ3n) is 4.01. The zero-order valence-electron chi connectivity index (χ0n) is 14.5. The summed E-state index contributed by atoms with van der Waals surface area (Å²) >= 11 is 12.0. The Balaban J connectivity index is 1.99. The molecule has 0 bridgehead atoms. The van der Waals surface area contributed by atoms with Crippen molar-refractivity contribution in [2.45, 2.75) is 25.6 Å². The fourth-order valence-electron chi connectivity index (χ4n) is 2.75. The Kier molecular flexibility index (Phi) is 5.86. The topological polar surface area (TPSA) is 48.4 Å². The molecule has 3 rings (SSSR count). The van der Waals surface area contributed by atoms with Gasteiger partial charge in [-0.1, -0.05) is 29.3 Å². The van der Waals surface area contributed by atoms with Gasteiger partial charge in [-0.2, -0.15) is 13.2 Å². The number of esters is 1. The van der Waals surface area contributed by atoms with Gasteiger partial charge in [0.05, 0.1) is 12.2 Å². The molecule has 1 aromatic carbocycles. The molecule has 0 saturated carbocycles. The normalized spacial score (nSPS) is 16.1. The SMILES string of the molecule is CCOC(=O)C1=Cc2cc(Cl)c(Cc3ccc(Cl)nc3)cc2OC1C(F)(F)F. The Bertz CT molecular complexity index is 927. The van der Waals surface area contributed by atoms with Gasteiger partial charge in [0.25, 0.3) is 0 Å². The van der Waals surface area contributed by atoms with Crippen LogP contribution in [0.4, 0.5) is 13.2 Å². The summed E-state index contributed by atoms with van der Waals surface area (Å²) in [5.41, 5.74) is 0.981. The highest BCUT2D eigenvalue weighted by atomic mass is 35.5. The standard InChI is InChI=1S/C19H14Cl2F3NO3/c1-2-27-18(26)13-6-12-7-14(20)11(5-10-3-4-16(21)25-9-10)8-15(12)28-17(13)19(22,23)24/h3-4,6-9,17H,2,5H2,1H3. The largest absolute Gasteiger partial charge is 0.475 e. The second-order valence-electron chi connectivity index (χ2n) is 6.01.